The van der Waals surface area contributed by atoms with E-state index in [0.717, 1.165) is 12.8 Å². The summed E-state index contributed by atoms with van der Waals surface area (Å²) >= 11 is 10.8. The van der Waals surface area contributed by atoms with Gasteiger partial charge in [0, 0.05) is 11.0 Å². The van der Waals surface area contributed by atoms with Crippen molar-refractivity contribution < 1.29 is 14.0 Å². The zero-order chi connectivity index (χ0) is 9.56. The summed E-state index contributed by atoms with van der Waals surface area (Å²) in [6.07, 6.45) is 2.25. The summed E-state index contributed by atoms with van der Waals surface area (Å²) in [5.41, 5.74) is 0. The lowest BCUT2D eigenvalue weighted by Gasteiger charge is -1.97. The van der Waals surface area contributed by atoms with Crippen molar-refractivity contribution in [3.8, 4) is 0 Å². The van der Waals surface area contributed by atoms with Crippen molar-refractivity contribution in [3.63, 3.8) is 0 Å². The SMILES string of the molecule is CCCCC(O[P+](=O)O)=C(Cl)Cl. The lowest BCUT2D eigenvalue weighted by molar-refractivity contribution is 0.338. The first-order chi connectivity index (χ1) is 5.57. The van der Waals surface area contributed by atoms with E-state index in [0.29, 0.717) is 6.42 Å². The fourth-order valence-corrected chi connectivity index (χ4v) is 1.35. The molecule has 1 N–H and O–H groups in total. The molecule has 0 saturated heterocycles. The molecule has 70 valence electrons. The molecule has 0 aliphatic heterocycles. The molecule has 0 amide bonds. The number of allylic oxidation sites excluding steroid dienone is 1. The van der Waals surface area contributed by atoms with Gasteiger partial charge >= 0.3 is 8.25 Å². The van der Waals surface area contributed by atoms with Gasteiger partial charge in [-0.25, -0.2) is 4.52 Å². The zero-order valence-electron chi connectivity index (χ0n) is 6.59. The van der Waals surface area contributed by atoms with Gasteiger partial charge in [0.2, 0.25) is 0 Å². The van der Waals surface area contributed by atoms with Crippen molar-refractivity contribution in [1.82, 2.24) is 0 Å². The van der Waals surface area contributed by atoms with Crippen molar-refractivity contribution in [1.29, 1.82) is 0 Å². The standard InChI is InChI=1S/C6H9Cl2O3P/c1-2-3-4-5(6(7)8)11-12(9)10/h2-4H2,1H3/p+1. The Bertz CT molecular complexity index is 189. The fourth-order valence-electron chi connectivity index (χ4n) is 0.606. The van der Waals surface area contributed by atoms with Gasteiger partial charge in [0.15, 0.2) is 10.3 Å². The van der Waals surface area contributed by atoms with Crippen LogP contribution in [0.3, 0.4) is 0 Å². The molecule has 0 aliphatic rings. The van der Waals surface area contributed by atoms with Crippen LogP contribution in [0, 0.1) is 0 Å². The summed E-state index contributed by atoms with van der Waals surface area (Å²) in [4.78, 5) is 8.41. The molecular formula is C6H10Cl2O3P+. The second-order valence-corrected chi connectivity index (χ2v) is 3.72. The molecule has 1 atom stereocenters. The summed E-state index contributed by atoms with van der Waals surface area (Å²) in [7, 11) is -2.67. The lowest BCUT2D eigenvalue weighted by Crippen LogP contribution is -1.86. The van der Waals surface area contributed by atoms with E-state index >= 15 is 0 Å². The average Bonchev–Trinajstić information content (AvgIpc) is 1.96. The van der Waals surface area contributed by atoms with E-state index in [1.54, 1.807) is 0 Å². The predicted molar refractivity (Wildman–Crippen MR) is 49.2 cm³/mol. The van der Waals surface area contributed by atoms with Crippen LogP contribution < -0.4 is 0 Å². The second kappa shape index (κ2) is 6.67. The smallest absolute Gasteiger partial charge is 0.231 e. The molecule has 0 fully saturated rings. The molecule has 0 aliphatic carbocycles. The minimum Gasteiger partial charge on any atom is -0.231 e. The van der Waals surface area contributed by atoms with Gasteiger partial charge in [0.1, 0.15) is 0 Å². The van der Waals surface area contributed by atoms with Gasteiger partial charge in [-0.3, -0.25) is 0 Å². The van der Waals surface area contributed by atoms with E-state index in [2.05, 4.69) is 4.52 Å². The zero-order valence-corrected chi connectivity index (χ0v) is 8.99. The maximum absolute atomic E-state index is 10.3. The van der Waals surface area contributed by atoms with E-state index in [1.807, 2.05) is 6.92 Å². The van der Waals surface area contributed by atoms with Gasteiger partial charge in [0.05, 0.1) is 0 Å². The third-order valence-corrected chi connectivity index (χ3v) is 1.95. The Labute approximate surface area is 82.3 Å². The number of rotatable bonds is 5. The highest BCUT2D eigenvalue weighted by Crippen LogP contribution is 2.29. The third kappa shape index (κ3) is 5.78. The molecule has 6 heteroatoms. The molecule has 0 heterocycles. The highest BCUT2D eigenvalue weighted by atomic mass is 35.5. The average molecular weight is 232 g/mol. The minimum absolute atomic E-state index is 0.0825. The molecule has 0 radical (unpaired) electrons. The van der Waals surface area contributed by atoms with Crippen LogP contribution in [-0.4, -0.2) is 4.89 Å². The molecule has 0 bridgehead atoms. The van der Waals surface area contributed by atoms with Crippen LogP contribution in [0.1, 0.15) is 26.2 Å². The second-order valence-electron chi connectivity index (χ2n) is 2.12. The Morgan fingerprint density at radius 2 is 2.17 bits per heavy atom. The monoisotopic (exact) mass is 231 g/mol. The van der Waals surface area contributed by atoms with Crippen molar-refractivity contribution in [2.75, 3.05) is 0 Å². The molecule has 0 spiro atoms. The normalized spacial score (nSPS) is 10.8. The summed E-state index contributed by atoms with van der Waals surface area (Å²) in [5.74, 6) is 0.184. The number of hydrogen-bond acceptors (Lipinski definition) is 2. The van der Waals surface area contributed by atoms with Crippen molar-refractivity contribution >= 4 is 31.5 Å². The van der Waals surface area contributed by atoms with Gasteiger partial charge in [-0.2, -0.15) is 0 Å². The van der Waals surface area contributed by atoms with Crippen molar-refractivity contribution in [2.24, 2.45) is 0 Å². The predicted octanol–water partition coefficient (Wildman–Crippen LogP) is 3.49. The van der Waals surface area contributed by atoms with Crippen LogP contribution in [0.4, 0.5) is 0 Å². The van der Waals surface area contributed by atoms with Crippen LogP contribution in [0.25, 0.3) is 0 Å². The fraction of sp³-hybridized carbons (Fsp3) is 0.667. The highest BCUT2D eigenvalue weighted by Gasteiger charge is 2.18. The minimum atomic E-state index is -2.67. The first kappa shape index (κ1) is 12.2. The number of halogens is 2. The Kier molecular flexibility index (Phi) is 6.77. The van der Waals surface area contributed by atoms with Gasteiger partial charge in [-0.15, -0.1) is 4.89 Å². The molecule has 3 nitrogen and oxygen atoms in total. The lowest BCUT2D eigenvalue weighted by atomic mass is 10.2. The third-order valence-electron chi connectivity index (χ3n) is 1.16. The number of hydrogen-bond donors (Lipinski definition) is 1. The molecule has 12 heavy (non-hydrogen) atoms. The Balaban J connectivity index is 4.07. The van der Waals surface area contributed by atoms with E-state index in [4.69, 9.17) is 28.1 Å². The Hall–Kier alpha value is 0.180. The largest absolute Gasteiger partial charge is 0.747 e. The summed E-state index contributed by atoms with van der Waals surface area (Å²) in [6, 6.07) is 0. The van der Waals surface area contributed by atoms with Gasteiger partial charge < -0.3 is 0 Å². The molecular weight excluding hydrogens is 222 g/mol. The first-order valence-electron chi connectivity index (χ1n) is 3.46. The maximum Gasteiger partial charge on any atom is 0.747 e. The quantitative estimate of drug-likeness (QED) is 0.582. The van der Waals surface area contributed by atoms with Gasteiger partial charge in [0.25, 0.3) is 0 Å². The molecule has 1 unspecified atom stereocenters. The summed E-state index contributed by atoms with van der Waals surface area (Å²) < 4.78 is 14.7. The molecule has 0 aromatic rings. The topological polar surface area (TPSA) is 46.5 Å². The van der Waals surface area contributed by atoms with E-state index in [1.165, 1.54) is 0 Å². The first-order valence-corrected chi connectivity index (χ1v) is 5.34. The Morgan fingerprint density at radius 1 is 1.58 bits per heavy atom. The van der Waals surface area contributed by atoms with Gasteiger partial charge in [-0.1, -0.05) is 36.5 Å². The van der Waals surface area contributed by atoms with E-state index in [-0.39, 0.29) is 10.3 Å². The van der Waals surface area contributed by atoms with Crippen molar-refractivity contribution in [2.45, 2.75) is 26.2 Å². The van der Waals surface area contributed by atoms with E-state index in [9.17, 15) is 4.57 Å². The van der Waals surface area contributed by atoms with Crippen LogP contribution >= 0.6 is 31.5 Å². The van der Waals surface area contributed by atoms with Crippen molar-refractivity contribution in [3.05, 3.63) is 10.3 Å². The maximum atomic E-state index is 10.3. The molecule has 0 aromatic heterocycles. The highest BCUT2D eigenvalue weighted by molar-refractivity contribution is 7.32. The van der Waals surface area contributed by atoms with E-state index < -0.39 is 8.25 Å². The number of unbranched alkanes of at least 4 members (excludes halogenated alkanes) is 1. The molecule has 0 saturated carbocycles. The summed E-state index contributed by atoms with van der Waals surface area (Å²) in [5, 5.41) is 0. The van der Waals surface area contributed by atoms with Crippen LogP contribution in [-0.2, 0) is 9.09 Å². The van der Waals surface area contributed by atoms with Crippen LogP contribution in [0.15, 0.2) is 10.3 Å². The summed E-state index contributed by atoms with van der Waals surface area (Å²) in [6.45, 7) is 1.98. The van der Waals surface area contributed by atoms with Crippen LogP contribution in [0.2, 0.25) is 0 Å². The van der Waals surface area contributed by atoms with Crippen LogP contribution in [0.5, 0.6) is 0 Å². The molecule has 0 rings (SSSR count). The van der Waals surface area contributed by atoms with Gasteiger partial charge in [-0.05, 0) is 6.42 Å². The Morgan fingerprint density at radius 3 is 2.50 bits per heavy atom. The molecule has 0 aromatic carbocycles.